The number of hydrogen-bond acceptors (Lipinski definition) is 6. The van der Waals surface area contributed by atoms with Gasteiger partial charge in [0.25, 0.3) is 5.91 Å². The van der Waals surface area contributed by atoms with Crippen molar-refractivity contribution in [3.63, 3.8) is 0 Å². The molecule has 1 aromatic carbocycles. The second-order valence-electron chi connectivity index (χ2n) is 9.39. The van der Waals surface area contributed by atoms with E-state index >= 15 is 0 Å². The van der Waals surface area contributed by atoms with Gasteiger partial charge in [-0.1, -0.05) is 13.8 Å². The molecule has 2 amide bonds. The lowest BCUT2D eigenvalue weighted by molar-refractivity contribution is -0.116. The number of methoxy groups -OCH3 is 1. The Balaban J connectivity index is 1.92. The molecule has 3 rings (SSSR count). The highest BCUT2D eigenvalue weighted by molar-refractivity contribution is 5.98. The molecule has 0 fully saturated rings. The van der Waals surface area contributed by atoms with Gasteiger partial charge in [-0.2, -0.15) is 0 Å². The minimum atomic E-state index is -0.137. The van der Waals surface area contributed by atoms with Crippen molar-refractivity contribution in [2.24, 2.45) is 5.92 Å². The number of carbonyl (C=O) groups excluding carboxylic acids is 2. The fraction of sp³-hybridized carbons (Fsp3) is 0.519. The number of rotatable bonds is 6. The summed E-state index contributed by atoms with van der Waals surface area (Å²) in [4.78, 5) is 33.6. The summed E-state index contributed by atoms with van der Waals surface area (Å²) in [5, 5.41) is 2.90. The van der Waals surface area contributed by atoms with Gasteiger partial charge in [0.2, 0.25) is 5.91 Å². The largest absolute Gasteiger partial charge is 0.491 e. The summed E-state index contributed by atoms with van der Waals surface area (Å²) in [6.45, 7) is 8.64. The van der Waals surface area contributed by atoms with Crippen LogP contribution in [0.5, 0.6) is 5.75 Å². The number of benzene rings is 1. The molecule has 0 radical (unpaired) electrons. The summed E-state index contributed by atoms with van der Waals surface area (Å²) in [7, 11) is 3.48. The monoisotopic (exact) mass is 482 g/mol. The summed E-state index contributed by atoms with van der Waals surface area (Å²) < 4.78 is 12.1. The number of nitrogens with one attached hydrogen (secondary N) is 1. The molecule has 0 unspecified atom stereocenters. The number of aromatic nitrogens is 1. The van der Waals surface area contributed by atoms with Gasteiger partial charge >= 0.3 is 0 Å². The van der Waals surface area contributed by atoms with Gasteiger partial charge in [-0.3, -0.25) is 19.5 Å². The number of carbonyl (C=O) groups is 2. The SMILES string of the molecule is CCCC(=O)Nc1ccc2c(c1)OC[C@H](C)N(Cc1ccncc1)C[C@H](C)[C@H](OC)CN(C)C2=O. The Hall–Kier alpha value is -2.97. The zero-order chi connectivity index (χ0) is 25.4. The third-order valence-electron chi connectivity index (χ3n) is 6.47. The van der Waals surface area contributed by atoms with Gasteiger partial charge in [0.1, 0.15) is 12.4 Å². The molecular weight excluding hydrogens is 444 g/mol. The zero-order valence-corrected chi connectivity index (χ0v) is 21.5. The van der Waals surface area contributed by atoms with Crippen LogP contribution in [0.1, 0.15) is 49.5 Å². The first-order valence-corrected chi connectivity index (χ1v) is 12.3. The van der Waals surface area contributed by atoms with Gasteiger partial charge in [-0.25, -0.2) is 0 Å². The Morgan fingerprint density at radius 1 is 1.20 bits per heavy atom. The average molecular weight is 483 g/mol. The molecule has 0 bridgehead atoms. The van der Waals surface area contributed by atoms with E-state index in [2.05, 4.69) is 29.0 Å². The van der Waals surface area contributed by atoms with Gasteiger partial charge in [-0.15, -0.1) is 0 Å². The number of nitrogens with zero attached hydrogens (tertiary/aromatic N) is 3. The molecule has 3 atom stereocenters. The van der Waals surface area contributed by atoms with Crippen LogP contribution in [0.25, 0.3) is 0 Å². The summed E-state index contributed by atoms with van der Waals surface area (Å²) >= 11 is 0. The van der Waals surface area contributed by atoms with E-state index in [9.17, 15) is 9.59 Å². The fourth-order valence-electron chi connectivity index (χ4n) is 4.32. The van der Waals surface area contributed by atoms with Crippen LogP contribution in [0.4, 0.5) is 5.69 Å². The highest BCUT2D eigenvalue weighted by Gasteiger charge is 2.28. The van der Waals surface area contributed by atoms with Crippen molar-refractivity contribution in [1.29, 1.82) is 0 Å². The Morgan fingerprint density at radius 3 is 2.63 bits per heavy atom. The van der Waals surface area contributed by atoms with E-state index in [1.54, 1.807) is 49.7 Å². The third kappa shape index (κ3) is 7.26. The molecule has 1 aliphatic heterocycles. The lowest BCUT2D eigenvalue weighted by Gasteiger charge is -2.36. The molecule has 1 N–H and O–H groups in total. The summed E-state index contributed by atoms with van der Waals surface area (Å²) in [6, 6.07) is 9.34. The van der Waals surface area contributed by atoms with Crippen LogP contribution in [0, 0.1) is 5.92 Å². The summed E-state index contributed by atoms with van der Waals surface area (Å²) in [5.41, 5.74) is 2.26. The standard InChI is InChI=1S/C27H38N4O4/c1-6-7-26(32)29-22-8-9-23-24(14-22)35-18-20(3)31(16-21-10-12-28-13-11-21)15-19(2)25(34-5)17-30(4)27(23)33/h8-14,19-20,25H,6-7,15-18H2,1-5H3,(H,29,32)/t19-,20-,25+/m0/s1. The van der Waals surface area contributed by atoms with E-state index in [0.29, 0.717) is 36.6 Å². The zero-order valence-electron chi connectivity index (χ0n) is 21.5. The summed E-state index contributed by atoms with van der Waals surface area (Å²) in [6.07, 6.45) is 4.70. The van der Waals surface area contributed by atoms with Crippen molar-refractivity contribution in [2.45, 2.75) is 52.3 Å². The lowest BCUT2D eigenvalue weighted by Crippen LogP contribution is -2.46. The van der Waals surface area contributed by atoms with Gasteiger partial charge in [0, 0.05) is 70.4 Å². The predicted octanol–water partition coefficient (Wildman–Crippen LogP) is 3.83. The van der Waals surface area contributed by atoms with Crippen molar-refractivity contribution in [1.82, 2.24) is 14.8 Å². The van der Waals surface area contributed by atoms with E-state index in [-0.39, 0.29) is 29.9 Å². The van der Waals surface area contributed by atoms with Gasteiger partial charge < -0.3 is 19.7 Å². The minimum absolute atomic E-state index is 0.0575. The van der Waals surface area contributed by atoms with Crippen LogP contribution in [-0.4, -0.2) is 72.6 Å². The highest BCUT2D eigenvalue weighted by Crippen LogP contribution is 2.27. The van der Waals surface area contributed by atoms with Gasteiger partial charge in [0.05, 0.1) is 11.7 Å². The molecular formula is C27H38N4O4. The lowest BCUT2D eigenvalue weighted by atomic mass is 10.0. The van der Waals surface area contributed by atoms with Crippen LogP contribution in [-0.2, 0) is 16.1 Å². The van der Waals surface area contributed by atoms with E-state index in [0.717, 1.165) is 19.5 Å². The van der Waals surface area contributed by atoms with E-state index in [1.807, 2.05) is 19.1 Å². The molecule has 0 aliphatic carbocycles. The average Bonchev–Trinajstić information content (AvgIpc) is 2.85. The molecule has 2 aromatic rings. The smallest absolute Gasteiger partial charge is 0.257 e. The second-order valence-corrected chi connectivity index (χ2v) is 9.39. The Kier molecular flexibility index (Phi) is 9.63. The maximum absolute atomic E-state index is 13.3. The Bertz CT molecular complexity index is 984. The van der Waals surface area contributed by atoms with Crippen molar-refractivity contribution in [3.8, 4) is 5.75 Å². The molecule has 35 heavy (non-hydrogen) atoms. The first-order chi connectivity index (χ1) is 16.8. The molecule has 0 saturated carbocycles. The van der Waals surface area contributed by atoms with Crippen LogP contribution >= 0.6 is 0 Å². The van der Waals surface area contributed by atoms with Crippen molar-refractivity contribution in [3.05, 3.63) is 53.9 Å². The van der Waals surface area contributed by atoms with Crippen LogP contribution in [0.15, 0.2) is 42.7 Å². The Morgan fingerprint density at radius 2 is 1.94 bits per heavy atom. The highest BCUT2D eigenvalue weighted by atomic mass is 16.5. The van der Waals surface area contributed by atoms with Crippen LogP contribution in [0.2, 0.25) is 0 Å². The molecule has 1 aromatic heterocycles. The first kappa shape index (κ1) is 26.6. The van der Waals surface area contributed by atoms with Crippen LogP contribution < -0.4 is 10.1 Å². The molecule has 8 heteroatoms. The van der Waals surface area contributed by atoms with Gasteiger partial charge in [-0.05, 0) is 49.1 Å². The summed E-state index contributed by atoms with van der Waals surface area (Å²) in [5.74, 6) is 0.462. The van der Waals surface area contributed by atoms with Crippen molar-refractivity contribution >= 4 is 17.5 Å². The Labute approximate surface area is 208 Å². The maximum Gasteiger partial charge on any atom is 0.257 e. The molecule has 0 saturated heterocycles. The quantitative estimate of drug-likeness (QED) is 0.674. The van der Waals surface area contributed by atoms with Crippen molar-refractivity contribution < 1.29 is 19.1 Å². The number of fused-ring (bicyclic) bond motifs is 1. The minimum Gasteiger partial charge on any atom is -0.491 e. The van der Waals surface area contributed by atoms with E-state index < -0.39 is 0 Å². The molecule has 2 heterocycles. The number of likely N-dealkylation sites (N-methyl/N-ethyl adjacent to an activating group) is 1. The molecule has 8 nitrogen and oxygen atoms in total. The number of anilines is 1. The maximum atomic E-state index is 13.3. The number of hydrogen-bond donors (Lipinski definition) is 1. The normalized spacial score (nSPS) is 21.9. The molecule has 0 spiro atoms. The second kappa shape index (κ2) is 12.7. The molecule has 1 aliphatic rings. The first-order valence-electron chi connectivity index (χ1n) is 12.3. The number of amides is 2. The fourth-order valence-corrected chi connectivity index (χ4v) is 4.32. The van der Waals surface area contributed by atoms with Gasteiger partial charge in [0.15, 0.2) is 0 Å². The molecule has 190 valence electrons. The predicted molar refractivity (Wildman–Crippen MR) is 137 cm³/mol. The number of pyridine rings is 1. The third-order valence-corrected chi connectivity index (χ3v) is 6.47. The van der Waals surface area contributed by atoms with E-state index in [1.165, 1.54) is 5.56 Å². The topological polar surface area (TPSA) is 84.0 Å². The van der Waals surface area contributed by atoms with Crippen molar-refractivity contribution in [2.75, 3.05) is 39.2 Å². The van der Waals surface area contributed by atoms with Crippen LogP contribution in [0.3, 0.4) is 0 Å². The van der Waals surface area contributed by atoms with E-state index in [4.69, 9.17) is 9.47 Å². The number of ether oxygens (including phenoxy) is 2.